The molecule has 7 heteroatoms. The summed E-state index contributed by atoms with van der Waals surface area (Å²) in [6.45, 7) is 4.13. The molecule has 2 fully saturated rings. The number of nitrogens with zero attached hydrogens (tertiary/aromatic N) is 2. The average molecular weight is 361 g/mol. The zero-order chi connectivity index (χ0) is 17.2. The van der Waals surface area contributed by atoms with Gasteiger partial charge in [-0.2, -0.15) is 0 Å². The van der Waals surface area contributed by atoms with Crippen molar-refractivity contribution >= 4 is 22.4 Å². The van der Waals surface area contributed by atoms with E-state index in [1.807, 2.05) is 11.4 Å². The Morgan fingerprint density at radius 2 is 2.24 bits per heavy atom. The summed E-state index contributed by atoms with van der Waals surface area (Å²) in [7, 11) is 0. The van der Waals surface area contributed by atoms with Gasteiger partial charge in [0.1, 0.15) is 5.82 Å². The van der Waals surface area contributed by atoms with Crippen LogP contribution in [0.25, 0.3) is 0 Å². The van der Waals surface area contributed by atoms with Crippen molar-refractivity contribution in [2.75, 3.05) is 31.6 Å². The second-order valence-corrected chi connectivity index (χ2v) is 7.38. The molecule has 0 spiro atoms. The first-order chi connectivity index (χ1) is 12.2. The van der Waals surface area contributed by atoms with E-state index in [9.17, 15) is 9.18 Å². The van der Waals surface area contributed by atoms with Gasteiger partial charge in [-0.05, 0) is 30.0 Å². The number of carbonyl (C=O) groups excluding carboxylic acids is 1. The summed E-state index contributed by atoms with van der Waals surface area (Å²) in [4.78, 5) is 19.2. The normalized spacial score (nSPS) is 23.4. The number of hydrogen-bond donors (Lipinski definition) is 1. The first-order valence-corrected chi connectivity index (χ1v) is 9.38. The van der Waals surface area contributed by atoms with E-state index in [1.54, 1.807) is 6.07 Å². The van der Waals surface area contributed by atoms with E-state index in [-0.39, 0.29) is 23.6 Å². The molecule has 0 bridgehead atoms. The molecule has 1 aromatic heterocycles. The molecule has 132 valence electrons. The minimum Gasteiger partial charge on any atom is -0.379 e. The molecule has 2 heterocycles. The van der Waals surface area contributed by atoms with Gasteiger partial charge < -0.3 is 10.1 Å². The fourth-order valence-corrected chi connectivity index (χ4v) is 3.92. The highest BCUT2D eigenvalue weighted by Gasteiger charge is 2.44. The van der Waals surface area contributed by atoms with Crippen LogP contribution in [0, 0.1) is 11.7 Å². The number of nitrogens with one attached hydrogen (secondary N) is 1. The maximum absolute atomic E-state index is 13.3. The second-order valence-electron chi connectivity index (χ2n) is 6.53. The highest BCUT2D eigenvalue weighted by molar-refractivity contribution is 7.13. The third kappa shape index (κ3) is 4.05. The van der Waals surface area contributed by atoms with E-state index in [0.29, 0.717) is 5.13 Å². The largest absolute Gasteiger partial charge is 0.379 e. The van der Waals surface area contributed by atoms with Gasteiger partial charge in [0.25, 0.3) is 0 Å². The number of amides is 1. The van der Waals surface area contributed by atoms with Crippen molar-refractivity contribution in [2.45, 2.75) is 18.9 Å². The maximum atomic E-state index is 13.3. The third-order valence-electron chi connectivity index (χ3n) is 4.68. The first-order valence-electron chi connectivity index (χ1n) is 8.50. The number of morpholine rings is 1. The van der Waals surface area contributed by atoms with E-state index < -0.39 is 0 Å². The van der Waals surface area contributed by atoms with Crippen LogP contribution in [0.2, 0.25) is 0 Å². The highest BCUT2D eigenvalue weighted by atomic mass is 32.1. The van der Waals surface area contributed by atoms with Gasteiger partial charge in [-0.1, -0.05) is 12.1 Å². The van der Waals surface area contributed by atoms with Crippen molar-refractivity contribution in [3.63, 3.8) is 0 Å². The fraction of sp³-hybridized carbons (Fsp3) is 0.444. The Labute approximate surface area is 149 Å². The van der Waals surface area contributed by atoms with Gasteiger partial charge in [0.05, 0.1) is 18.9 Å². The van der Waals surface area contributed by atoms with E-state index in [0.717, 1.165) is 50.5 Å². The molecule has 1 amide bonds. The zero-order valence-corrected chi connectivity index (χ0v) is 14.6. The van der Waals surface area contributed by atoms with Gasteiger partial charge in [0, 0.05) is 30.9 Å². The van der Waals surface area contributed by atoms with Gasteiger partial charge >= 0.3 is 0 Å². The molecular weight excluding hydrogens is 341 g/mol. The first kappa shape index (κ1) is 16.6. The van der Waals surface area contributed by atoms with Crippen molar-refractivity contribution in [1.29, 1.82) is 0 Å². The van der Waals surface area contributed by atoms with Crippen LogP contribution in [0.3, 0.4) is 0 Å². The molecule has 2 unspecified atom stereocenters. The molecule has 1 aromatic carbocycles. The molecule has 5 nitrogen and oxygen atoms in total. The molecular formula is C18H20FN3O2S. The monoisotopic (exact) mass is 361 g/mol. The number of benzene rings is 1. The Morgan fingerprint density at radius 3 is 3.04 bits per heavy atom. The average Bonchev–Trinajstić information content (AvgIpc) is 3.31. The molecule has 25 heavy (non-hydrogen) atoms. The van der Waals surface area contributed by atoms with Crippen molar-refractivity contribution in [3.8, 4) is 0 Å². The summed E-state index contributed by atoms with van der Waals surface area (Å²) in [5.41, 5.74) is 1.87. The van der Waals surface area contributed by atoms with E-state index in [4.69, 9.17) is 4.74 Å². The number of rotatable bonds is 5. The van der Waals surface area contributed by atoms with Crippen LogP contribution in [0.5, 0.6) is 0 Å². The van der Waals surface area contributed by atoms with Crippen LogP contribution < -0.4 is 5.32 Å². The van der Waals surface area contributed by atoms with Crippen LogP contribution in [-0.4, -0.2) is 42.1 Å². The summed E-state index contributed by atoms with van der Waals surface area (Å²) < 4.78 is 18.6. The van der Waals surface area contributed by atoms with Crippen molar-refractivity contribution < 1.29 is 13.9 Å². The number of thiazole rings is 1. The molecule has 0 radical (unpaired) electrons. The Bertz CT molecular complexity index is 760. The van der Waals surface area contributed by atoms with Crippen LogP contribution in [0.15, 0.2) is 29.6 Å². The van der Waals surface area contributed by atoms with Crippen molar-refractivity contribution in [2.24, 2.45) is 5.92 Å². The van der Waals surface area contributed by atoms with E-state index >= 15 is 0 Å². The fourth-order valence-electron chi connectivity index (χ4n) is 3.21. The molecule has 2 aliphatic rings. The SMILES string of the molecule is O=C(Nc1nc(CN2CCOCC2)cs1)C1CC1c1cccc(F)c1. The second kappa shape index (κ2) is 7.19. The van der Waals surface area contributed by atoms with Crippen molar-refractivity contribution in [3.05, 3.63) is 46.7 Å². The zero-order valence-electron chi connectivity index (χ0n) is 13.8. The minimum absolute atomic E-state index is 0.0264. The van der Waals surface area contributed by atoms with Gasteiger partial charge in [-0.15, -0.1) is 11.3 Å². The summed E-state index contributed by atoms with van der Waals surface area (Å²) in [5.74, 6) is -0.255. The summed E-state index contributed by atoms with van der Waals surface area (Å²) >= 11 is 1.45. The number of anilines is 1. The predicted molar refractivity (Wildman–Crippen MR) is 94.1 cm³/mol. The van der Waals surface area contributed by atoms with Crippen LogP contribution in [0.4, 0.5) is 9.52 Å². The third-order valence-corrected chi connectivity index (χ3v) is 5.48. The highest BCUT2D eigenvalue weighted by Crippen LogP contribution is 2.48. The summed E-state index contributed by atoms with van der Waals surface area (Å²) in [6, 6.07) is 6.51. The Balaban J connectivity index is 1.31. The molecule has 4 rings (SSSR count). The van der Waals surface area contributed by atoms with Crippen LogP contribution in [-0.2, 0) is 16.1 Å². The lowest BCUT2D eigenvalue weighted by molar-refractivity contribution is -0.117. The maximum Gasteiger partial charge on any atom is 0.229 e. The van der Waals surface area contributed by atoms with Crippen LogP contribution >= 0.6 is 11.3 Å². The number of hydrogen-bond acceptors (Lipinski definition) is 5. The molecule has 1 aliphatic carbocycles. The van der Waals surface area contributed by atoms with Gasteiger partial charge in [0.2, 0.25) is 5.91 Å². The molecule has 1 aliphatic heterocycles. The Kier molecular flexibility index (Phi) is 4.78. The number of aromatic nitrogens is 1. The topological polar surface area (TPSA) is 54.5 Å². The molecule has 2 atom stereocenters. The predicted octanol–water partition coefficient (Wildman–Crippen LogP) is 2.86. The summed E-state index contributed by atoms with van der Waals surface area (Å²) in [5, 5.41) is 5.53. The van der Waals surface area contributed by atoms with Gasteiger partial charge in [-0.25, -0.2) is 9.37 Å². The molecule has 1 saturated carbocycles. The number of ether oxygens (including phenoxy) is 1. The Hall–Kier alpha value is -1.83. The molecule has 1 N–H and O–H groups in total. The van der Waals surface area contributed by atoms with E-state index in [2.05, 4.69) is 15.2 Å². The van der Waals surface area contributed by atoms with Gasteiger partial charge in [-0.3, -0.25) is 9.69 Å². The lowest BCUT2D eigenvalue weighted by Gasteiger charge is -2.25. The smallest absolute Gasteiger partial charge is 0.229 e. The lowest BCUT2D eigenvalue weighted by atomic mass is 10.1. The number of halogens is 1. The van der Waals surface area contributed by atoms with Gasteiger partial charge in [0.15, 0.2) is 5.13 Å². The molecule has 2 aromatic rings. The van der Waals surface area contributed by atoms with Crippen LogP contribution in [0.1, 0.15) is 23.6 Å². The Morgan fingerprint density at radius 1 is 1.40 bits per heavy atom. The lowest BCUT2D eigenvalue weighted by Crippen LogP contribution is -2.35. The summed E-state index contributed by atoms with van der Waals surface area (Å²) in [6.07, 6.45) is 0.765. The van der Waals surface area contributed by atoms with Crippen molar-refractivity contribution in [1.82, 2.24) is 9.88 Å². The quantitative estimate of drug-likeness (QED) is 0.890. The minimum atomic E-state index is -0.253. The number of carbonyl (C=O) groups is 1. The standard InChI is InChI=1S/C18H20FN3O2S/c19-13-3-1-2-12(8-13)15-9-16(15)17(23)21-18-20-14(11-25-18)10-22-4-6-24-7-5-22/h1-3,8,11,15-16H,4-7,9-10H2,(H,20,21,23). The molecule has 1 saturated heterocycles. The van der Waals surface area contributed by atoms with E-state index in [1.165, 1.54) is 23.5 Å².